The number of nitrogens with one attached hydrogen (secondary N) is 2. The van der Waals surface area contributed by atoms with Gasteiger partial charge in [-0.25, -0.2) is 10.4 Å². The first kappa shape index (κ1) is 15.2. The zero-order valence-corrected chi connectivity index (χ0v) is 13.2. The van der Waals surface area contributed by atoms with Gasteiger partial charge in [-0.2, -0.15) is 5.10 Å². The summed E-state index contributed by atoms with van der Waals surface area (Å²) in [5, 5.41) is 14.1. The number of anilines is 1. The van der Waals surface area contributed by atoms with E-state index in [9.17, 15) is 9.90 Å². The van der Waals surface area contributed by atoms with E-state index < -0.39 is 0 Å². The molecule has 0 saturated heterocycles. The van der Waals surface area contributed by atoms with E-state index in [0.29, 0.717) is 23.4 Å². The fourth-order valence-corrected chi connectivity index (χ4v) is 2.18. The van der Waals surface area contributed by atoms with Crippen molar-refractivity contribution >= 4 is 27.6 Å². The second-order valence-corrected chi connectivity index (χ2v) is 5.34. The molecule has 1 aromatic heterocycles. The number of nitrogens with zero attached hydrogens (tertiary/aromatic N) is 2. The van der Waals surface area contributed by atoms with Gasteiger partial charge < -0.3 is 5.11 Å². The number of phenolic OH excluding ortho intramolecular Hbond substituents is 1. The van der Waals surface area contributed by atoms with Crippen LogP contribution in [-0.2, 0) is 0 Å². The van der Waals surface area contributed by atoms with Gasteiger partial charge in [-0.1, -0.05) is 22.9 Å². The van der Waals surface area contributed by atoms with Crippen LogP contribution < -0.4 is 11.0 Å². The Kier molecular flexibility index (Phi) is 4.74. The van der Waals surface area contributed by atoms with Gasteiger partial charge in [0.05, 0.1) is 5.71 Å². The lowest BCUT2D eigenvalue weighted by Gasteiger charge is -2.08. The Morgan fingerprint density at radius 3 is 2.90 bits per heavy atom. The van der Waals surface area contributed by atoms with Crippen LogP contribution in [0.25, 0.3) is 0 Å². The maximum atomic E-state index is 11.4. The van der Waals surface area contributed by atoms with Gasteiger partial charge in [-0.3, -0.25) is 9.78 Å². The lowest BCUT2D eigenvalue weighted by Crippen LogP contribution is -2.12. The van der Waals surface area contributed by atoms with Crippen LogP contribution in [0.1, 0.15) is 24.6 Å². The van der Waals surface area contributed by atoms with E-state index in [4.69, 9.17) is 0 Å². The van der Waals surface area contributed by atoms with Crippen LogP contribution >= 0.6 is 15.9 Å². The summed E-state index contributed by atoms with van der Waals surface area (Å²) >= 11 is 3.36. The highest BCUT2D eigenvalue weighted by Crippen LogP contribution is 2.23. The number of aromatic amines is 1. The molecule has 2 rings (SSSR count). The van der Waals surface area contributed by atoms with Gasteiger partial charge in [-0.15, -0.1) is 0 Å². The summed E-state index contributed by atoms with van der Waals surface area (Å²) < 4.78 is 0.846. The van der Waals surface area contributed by atoms with Crippen LogP contribution in [0.3, 0.4) is 0 Å². The molecule has 0 amide bonds. The van der Waals surface area contributed by atoms with Crippen molar-refractivity contribution in [2.24, 2.45) is 5.10 Å². The molecule has 1 heterocycles. The minimum Gasteiger partial charge on any atom is -0.507 e. The van der Waals surface area contributed by atoms with E-state index in [1.54, 1.807) is 25.1 Å². The maximum Gasteiger partial charge on any atom is 0.252 e. The summed E-state index contributed by atoms with van der Waals surface area (Å²) in [7, 11) is 0. The summed E-state index contributed by atoms with van der Waals surface area (Å²) in [6.45, 7) is 3.65. The van der Waals surface area contributed by atoms with Crippen molar-refractivity contribution in [2.45, 2.75) is 20.3 Å². The monoisotopic (exact) mass is 350 g/mol. The van der Waals surface area contributed by atoms with Crippen LogP contribution in [0, 0.1) is 6.92 Å². The maximum absolute atomic E-state index is 11.4. The normalized spacial score (nSPS) is 11.5. The van der Waals surface area contributed by atoms with Gasteiger partial charge in [0.1, 0.15) is 5.75 Å². The Morgan fingerprint density at radius 1 is 1.48 bits per heavy atom. The second-order valence-electron chi connectivity index (χ2n) is 4.42. The lowest BCUT2D eigenvalue weighted by atomic mass is 10.1. The number of hydrazone groups is 1. The number of hydrogen-bond donors (Lipinski definition) is 3. The predicted octanol–water partition coefficient (Wildman–Crippen LogP) is 2.77. The smallest absolute Gasteiger partial charge is 0.252 e. The fourth-order valence-electron chi connectivity index (χ4n) is 1.82. The number of aromatic nitrogens is 2. The van der Waals surface area contributed by atoms with Crippen LogP contribution in [0.5, 0.6) is 5.75 Å². The summed E-state index contributed by atoms with van der Waals surface area (Å²) in [5.41, 5.74) is 4.34. The minimum absolute atomic E-state index is 0.145. The largest absolute Gasteiger partial charge is 0.507 e. The van der Waals surface area contributed by atoms with Crippen molar-refractivity contribution in [2.75, 3.05) is 5.43 Å². The van der Waals surface area contributed by atoms with Gasteiger partial charge in [0, 0.05) is 21.8 Å². The average molecular weight is 351 g/mol. The molecular formula is C14H15BrN4O2. The van der Waals surface area contributed by atoms with E-state index in [-0.39, 0.29) is 17.3 Å². The van der Waals surface area contributed by atoms with E-state index in [2.05, 4.69) is 36.4 Å². The Morgan fingerprint density at radius 2 is 2.24 bits per heavy atom. The zero-order chi connectivity index (χ0) is 15.4. The second kappa shape index (κ2) is 6.53. The summed E-state index contributed by atoms with van der Waals surface area (Å²) in [6.07, 6.45) is 0.604. The quantitative estimate of drug-likeness (QED) is 0.584. The molecule has 0 aliphatic rings. The number of aryl methyl sites for hydroxylation is 1. The molecule has 7 heteroatoms. The molecule has 21 heavy (non-hydrogen) atoms. The molecule has 0 saturated carbocycles. The Bertz CT molecular complexity index is 740. The van der Waals surface area contributed by atoms with Gasteiger partial charge in [-0.05, 0) is 31.5 Å². The number of rotatable bonds is 4. The first-order valence-corrected chi connectivity index (χ1v) is 7.18. The molecule has 0 fully saturated rings. The molecule has 0 atom stereocenters. The third kappa shape index (κ3) is 3.91. The third-order valence-electron chi connectivity index (χ3n) is 2.77. The van der Waals surface area contributed by atoms with E-state index in [1.807, 2.05) is 6.92 Å². The molecule has 0 aliphatic heterocycles. The van der Waals surface area contributed by atoms with Crippen molar-refractivity contribution in [1.82, 2.24) is 9.97 Å². The molecule has 6 nitrogen and oxygen atoms in total. The molecule has 3 N–H and O–H groups in total. The highest BCUT2D eigenvalue weighted by Gasteiger charge is 2.08. The van der Waals surface area contributed by atoms with Crippen LogP contribution in [0.2, 0.25) is 0 Å². The predicted molar refractivity (Wildman–Crippen MR) is 85.9 cm³/mol. The SMILES string of the molecule is CC/C(=N\Nc1nc(C)cc(=O)[nH]1)c1cc(Br)ccc1O. The fraction of sp³-hybridized carbons (Fsp3) is 0.214. The number of aromatic hydroxyl groups is 1. The van der Waals surface area contributed by atoms with E-state index in [1.165, 1.54) is 6.07 Å². The van der Waals surface area contributed by atoms with Crippen molar-refractivity contribution in [1.29, 1.82) is 0 Å². The summed E-state index contributed by atoms with van der Waals surface area (Å²) in [6, 6.07) is 6.53. The van der Waals surface area contributed by atoms with Gasteiger partial charge in [0.25, 0.3) is 5.56 Å². The van der Waals surface area contributed by atoms with E-state index >= 15 is 0 Å². The summed E-state index contributed by atoms with van der Waals surface area (Å²) in [4.78, 5) is 18.0. The number of phenols is 1. The molecular weight excluding hydrogens is 336 g/mol. The average Bonchev–Trinajstić information content (AvgIpc) is 2.42. The van der Waals surface area contributed by atoms with Gasteiger partial charge in [0.15, 0.2) is 0 Å². The topological polar surface area (TPSA) is 90.4 Å². The van der Waals surface area contributed by atoms with Crippen molar-refractivity contribution in [3.8, 4) is 5.75 Å². The number of benzene rings is 1. The Hall–Kier alpha value is -2.15. The first-order chi connectivity index (χ1) is 9.99. The van der Waals surface area contributed by atoms with Crippen molar-refractivity contribution in [3.05, 3.63) is 50.3 Å². The number of H-pyrrole nitrogens is 1. The van der Waals surface area contributed by atoms with Gasteiger partial charge >= 0.3 is 0 Å². The third-order valence-corrected chi connectivity index (χ3v) is 3.26. The number of hydrogen-bond acceptors (Lipinski definition) is 5. The molecule has 1 aromatic carbocycles. The molecule has 0 spiro atoms. The van der Waals surface area contributed by atoms with Crippen LogP contribution in [-0.4, -0.2) is 20.8 Å². The highest BCUT2D eigenvalue weighted by molar-refractivity contribution is 9.10. The molecule has 110 valence electrons. The molecule has 0 unspecified atom stereocenters. The minimum atomic E-state index is -0.247. The standard InChI is InChI=1S/C14H15BrN4O2/c1-3-11(10-7-9(15)4-5-12(10)20)18-19-14-16-8(2)6-13(21)17-14/h4-7,20H,3H2,1-2H3,(H2,16,17,19,21)/b18-11+. The first-order valence-electron chi connectivity index (χ1n) is 6.39. The zero-order valence-electron chi connectivity index (χ0n) is 11.6. The van der Waals surface area contributed by atoms with Crippen LogP contribution in [0.15, 0.2) is 38.6 Å². The lowest BCUT2D eigenvalue weighted by molar-refractivity contribution is 0.474. The highest BCUT2D eigenvalue weighted by atomic mass is 79.9. The molecule has 0 aliphatic carbocycles. The van der Waals surface area contributed by atoms with Crippen LogP contribution in [0.4, 0.5) is 5.95 Å². The van der Waals surface area contributed by atoms with Crippen molar-refractivity contribution < 1.29 is 5.11 Å². The van der Waals surface area contributed by atoms with Crippen molar-refractivity contribution in [3.63, 3.8) is 0 Å². The molecule has 2 aromatic rings. The number of halogens is 1. The summed E-state index contributed by atoms with van der Waals surface area (Å²) in [5.74, 6) is 0.409. The van der Waals surface area contributed by atoms with E-state index in [0.717, 1.165) is 4.47 Å². The molecule has 0 bridgehead atoms. The molecule has 0 radical (unpaired) electrons. The Labute approximate surface area is 130 Å². The van der Waals surface area contributed by atoms with Gasteiger partial charge in [0.2, 0.25) is 5.95 Å². The Balaban J connectivity index is 2.32.